The molecule has 0 aliphatic heterocycles. The lowest BCUT2D eigenvalue weighted by Gasteiger charge is -2.11. The summed E-state index contributed by atoms with van der Waals surface area (Å²) in [5.41, 5.74) is 0.846. The molecule has 0 saturated heterocycles. The van der Waals surface area contributed by atoms with Gasteiger partial charge in [0, 0.05) is 0 Å². The molecule has 0 spiro atoms. The molecule has 5 nitrogen and oxygen atoms in total. The third kappa shape index (κ3) is 3.43. The summed E-state index contributed by atoms with van der Waals surface area (Å²) in [5.74, 6) is -1.08. The van der Waals surface area contributed by atoms with Crippen molar-refractivity contribution in [3.8, 4) is 0 Å². The van der Waals surface area contributed by atoms with E-state index in [-0.39, 0.29) is 16.1 Å². The molecular formula is C15H14FNO4S. The van der Waals surface area contributed by atoms with E-state index in [0.717, 1.165) is 6.07 Å². The number of methoxy groups -OCH3 is 1. The smallest absolute Gasteiger partial charge is 0.337 e. The molecule has 0 aliphatic carbocycles. The lowest BCUT2D eigenvalue weighted by molar-refractivity contribution is 0.0600. The van der Waals surface area contributed by atoms with Gasteiger partial charge in [-0.05, 0) is 48.9 Å². The maximum atomic E-state index is 13.1. The zero-order valence-electron chi connectivity index (χ0n) is 12.0. The van der Waals surface area contributed by atoms with E-state index >= 15 is 0 Å². The van der Waals surface area contributed by atoms with Crippen molar-refractivity contribution in [2.75, 3.05) is 11.8 Å². The Labute approximate surface area is 127 Å². The van der Waals surface area contributed by atoms with E-state index in [1.54, 1.807) is 6.92 Å². The van der Waals surface area contributed by atoms with Crippen LogP contribution in [0.2, 0.25) is 0 Å². The van der Waals surface area contributed by atoms with Crippen LogP contribution in [0.25, 0.3) is 0 Å². The van der Waals surface area contributed by atoms with Gasteiger partial charge in [0.25, 0.3) is 10.0 Å². The minimum Gasteiger partial charge on any atom is -0.465 e. The fraction of sp³-hybridized carbons (Fsp3) is 0.133. The number of nitrogens with one attached hydrogen (secondary N) is 1. The molecule has 0 unspecified atom stereocenters. The van der Waals surface area contributed by atoms with Gasteiger partial charge in [-0.15, -0.1) is 0 Å². The van der Waals surface area contributed by atoms with Crippen LogP contribution in [0.15, 0.2) is 47.4 Å². The zero-order valence-corrected chi connectivity index (χ0v) is 12.8. The molecule has 0 radical (unpaired) electrons. The van der Waals surface area contributed by atoms with Crippen LogP contribution in [0.4, 0.5) is 10.1 Å². The standard InChI is InChI=1S/C15H14FNO4S/c1-10-8-12(16)6-7-14(10)17-22(19,20)13-5-3-4-11(9-13)15(18)21-2/h3-9,17H,1-2H3. The second kappa shape index (κ2) is 6.15. The topological polar surface area (TPSA) is 72.5 Å². The Morgan fingerprint density at radius 3 is 2.55 bits per heavy atom. The van der Waals surface area contributed by atoms with Gasteiger partial charge in [-0.3, -0.25) is 4.72 Å². The summed E-state index contributed by atoms with van der Waals surface area (Å²) in [6.07, 6.45) is 0. The lowest BCUT2D eigenvalue weighted by Crippen LogP contribution is -2.14. The number of aryl methyl sites for hydroxylation is 1. The van der Waals surface area contributed by atoms with Crippen molar-refractivity contribution in [2.45, 2.75) is 11.8 Å². The number of ether oxygens (including phenoxy) is 1. The van der Waals surface area contributed by atoms with Gasteiger partial charge in [0.1, 0.15) is 5.82 Å². The minimum absolute atomic E-state index is 0.0841. The van der Waals surface area contributed by atoms with Crippen LogP contribution < -0.4 is 4.72 Å². The van der Waals surface area contributed by atoms with Crippen LogP contribution >= 0.6 is 0 Å². The van der Waals surface area contributed by atoms with Crippen molar-refractivity contribution in [1.29, 1.82) is 0 Å². The summed E-state index contributed by atoms with van der Waals surface area (Å²) in [7, 11) is -2.68. The largest absolute Gasteiger partial charge is 0.465 e. The molecule has 2 aromatic carbocycles. The first kappa shape index (κ1) is 16.0. The summed E-state index contributed by atoms with van der Waals surface area (Å²) < 4.78 is 44.7. The Balaban J connectivity index is 2.36. The molecule has 22 heavy (non-hydrogen) atoms. The number of carbonyl (C=O) groups excluding carboxylic acids is 1. The monoisotopic (exact) mass is 323 g/mol. The van der Waals surface area contributed by atoms with Gasteiger partial charge in [0.2, 0.25) is 0 Å². The minimum atomic E-state index is -3.89. The summed E-state index contributed by atoms with van der Waals surface area (Å²) >= 11 is 0. The van der Waals surface area contributed by atoms with Crippen molar-refractivity contribution >= 4 is 21.7 Å². The van der Waals surface area contributed by atoms with Gasteiger partial charge in [-0.2, -0.15) is 0 Å². The molecule has 0 amide bonds. The Morgan fingerprint density at radius 1 is 1.18 bits per heavy atom. The van der Waals surface area contributed by atoms with Gasteiger partial charge in [0.15, 0.2) is 0 Å². The van der Waals surface area contributed by atoms with E-state index in [1.807, 2.05) is 0 Å². The first-order valence-electron chi connectivity index (χ1n) is 6.31. The molecule has 0 bridgehead atoms. The van der Waals surface area contributed by atoms with E-state index in [9.17, 15) is 17.6 Å². The number of esters is 1. The van der Waals surface area contributed by atoms with Crippen molar-refractivity contribution < 1.29 is 22.3 Å². The molecule has 0 heterocycles. The van der Waals surface area contributed by atoms with Crippen molar-refractivity contribution in [2.24, 2.45) is 0 Å². The van der Waals surface area contributed by atoms with Gasteiger partial charge >= 0.3 is 5.97 Å². The number of hydrogen-bond acceptors (Lipinski definition) is 4. The first-order valence-corrected chi connectivity index (χ1v) is 7.79. The van der Waals surface area contributed by atoms with E-state index in [2.05, 4.69) is 9.46 Å². The summed E-state index contributed by atoms with van der Waals surface area (Å²) in [5, 5.41) is 0. The van der Waals surface area contributed by atoms with Crippen LogP contribution in [0, 0.1) is 12.7 Å². The highest BCUT2D eigenvalue weighted by Crippen LogP contribution is 2.21. The molecule has 2 aromatic rings. The quantitative estimate of drug-likeness (QED) is 0.878. The highest BCUT2D eigenvalue weighted by atomic mass is 32.2. The number of rotatable bonds is 4. The van der Waals surface area contributed by atoms with Crippen LogP contribution in [0.5, 0.6) is 0 Å². The Kier molecular flexibility index (Phi) is 4.46. The molecule has 0 aliphatic rings. The number of benzene rings is 2. The van der Waals surface area contributed by atoms with Crippen molar-refractivity contribution in [3.63, 3.8) is 0 Å². The van der Waals surface area contributed by atoms with Crippen LogP contribution in [0.3, 0.4) is 0 Å². The maximum Gasteiger partial charge on any atom is 0.337 e. The highest BCUT2D eigenvalue weighted by Gasteiger charge is 2.17. The van der Waals surface area contributed by atoms with Crippen LogP contribution in [-0.4, -0.2) is 21.5 Å². The SMILES string of the molecule is COC(=O)c1cccc(S(=O)(=O)Nc2ccc(F)cc2C)c1. The van der Waals surface area contributed by atoms with Crippen LogP contribution in [-0.2, 0) is 14.8 Å². The molecule has 0 fully saturated rings. The van der Waals surface area contributed by atoms with Gasteiger partial charge in [0.05, 0.1) is 23.3 Å². The van der Waals surface area contributed by atoms with Crippen LogP contribution in [0.1, 0.15) is 15.9 Å². The van der Waals surface area contributed by atoms with E-state index in [4.69, 9.17) is 0 Å². The lowest BCUT2D eigenvalue weighted by atomic mass is 10.2. The molecule has 0 saturated carbocycles. The second-order valence-corrected chi connectivity index (χ2v) is 6.27. The predicted molar refractivity (Wildman–Crippen MR) is 79.7 cm³/mol. The molecule has 2 rings (SSSR count). The normalized spacial score (nSPS) is 11.0. The van der Waals surface area contributed by atoms with E-state index < -0.39 is 21.8 Å². The molecule has 116 valence electrons. The Bertz CT molecular complexity index is 818. The van der Waals surface area contributed by atoms with Gasteiger partial charge < -0.3 is 4.74 Å². The summed E-state index contributed by atoms with van der Waals surface area (Å²) in [4.78, 5) is 11.4. The first-order chi connectivity index (χ1) is 10.3. The van der Waals surface area contributed by atoms with Crippen molar-refractivity contribution in [3.05, 3.63) is 59.4 Å². The number of carbonyl (C=O) groups is 1. The van der Waals surface area contributed by atoms with Crippen molar-refractivity contribution in [1.82, 2.24) is 0 Å². The fourth-order valence-electron chi connectivity index (χ4n) is 1.85. The summed E-state index contributed by atoms with van der Waals surface area (Å²) in [6, 6.07) is 9.19. The molecule has 1 N–H and O–H groups in total. The fourth-order valence-corrected chi connectivity index (χ4v) is 3.03. The maximum absolute atomic E-state index is 13.1. The number of halogens is 1. The average molecular weight is 323 g/mol. The Hall–Kier alpha value is -2.41. The number of sulfonamides is 1. The highest BCUT2D eigenvalue weighted by molar-refractivity contribution is 7.92. The predicted octanol–water partition coefficient (Wildman–Crippen LogP) is 2.72. The Morgan fingerprint density at radius 2 is 1.91 bits per heavy atom. The second-order valence-electron chi connectivity index (χ2n) is 4.58. The molecular weight excluding hydrogens is 309 g/mol. The van der Waals surface area contributed by atoms with E-state index in [0.29, 0.717) is 5.56 Å². The molecule has 0 atom stereocenters. The molecule has 7 heteroatoms. The third-order valence-electron chi connectivity index (χ3n) is 3.00. The van der Waals surface area contributed by atoms with Gasteiger partial charge in [-0.1, -0.05) is 6.07 Å². The third-order valence-corrected chi connectivity index (χ3v) is 4.36. The van der Waals surface area contributed by atoms with Gasteiger partial charge in [-0.25, -0.2) is 17.6 Å². The summed E-state index contributed by atoms with van der Waals surface area (Å²) in [6.45, 7) is 1.59. The average Bonchev–Trinajstić information content (AvgIpc) is 2.49. The zero-order chi connectivity index (χ0) is 16.3. The molecule has 0 aromatic heterocycles. The number of anilines is 1. The number of hydrogen-bond donors (Lipinski definition) is 1. The van der Waals surface area contributed by atoms with E-state index in [1.165, 1.54) is 43.5 Å².